The maximum atomic E-state index is 12.3. The van der Waals surface area contributed by atoms with E-state index in [9.17, 15) is 4.79 Å². The van der Waals surface area contributed by atoms with Gasteiger partial charge in [0, 0.05) is 36.5 Å². The summed E-state index contributed by atoms with van der Waals surface area (Å²) in [6.45, 7) is 3.08. The Balaban J connectivity index is 1.67. The third kappa shape index (κ3) is 4.72. The molecule has 1 aliphatic rings. The van der Waals surface area contributed by atoms with Crippen LogP contribution in [0.3, 0.4) is 0 Å². The third-order valence-electron chi connectivity index (χ3n) is 6.07. The molecule has 0 radical (unpaired) electrons. The van der Waals surface area contributed by atoms with E-state index in [-0.39, 0.29) is 11.3 Å². The SMILES string of the molecule is CC(=O)N(CCc1ccccc1)[C@H]1CC[C@](CN)(c2cccc(Cl)c2)CC1. The summed E-state index contributed by atoms with van der Waals surface area (Å²) in [6.07, 6.45) is 4.84. The number of carbonyl (C=O) groups excluding carboxylic acids is 1. The van der Waals surface area contributed by atoms with Crippen molar-refractivity contribution in [3.63, 3.8) is 0 Å². The van der Waals surface area contributed by atoms with Gasteiger partial charge in [0.2, 0.25) is 5.91 Å². The number of hydrogen-bond donors (Lipinski definition) is 1. The second kappa shape index (κ2) is 8.90. The summed E-state index contributed by atoms with van der Waals surface area (Å²) in [7, 11) is 0. The van der Waals surface area contributed by atoms with E-state index in [1.165, 1.54) is 11.1 Å². The molecule has 2 aromatic carbocycles. The van der Waals surface area contributed by atoms with Crippen molar-refractivity contribution in [2.75, 3.05) is 13.1 Å². The van der Waals surface area contributed by atoms with Gasteiger partial charge in [-0.1, -0.05) is 54.1 Å². The monoisotopic (exact) mass is 384 g/mol. The van der Waals surface area contributed by atoms with Crippen LogP contribution in [0.4, 0.5) is 0 Å². The highest BCUT2D eigenvalue weighted by molar-refractivity contribution is 6.30. The van der Waals surface area contributed by atoms with Crippen molar-refractivity contribution in [1.29, 1.82) is 0 Å². The molecule has 2 aromatic rings. The van der Waals surface area contributed by atoms with Crippen molar-refractivity contribution in [3.05, 3.63) is 70.7 Å². The first-order valence-corrected chi connectivity index (χ1v) is 10.2. The normalized spacial score (nSPS) is 22.4. The Morgan fingerprint density at radius 2 is 1.85 bits per heavy atom. The van der Waals surface area contributed by atoms with E-state index in [1.807, 2.05) is 24.3 Å². The fourth-order valence-electron chi connectivity index (χ4n) is 4.39. The summed E-state index contributed by atoms with van der Waals surface area (Å²) in [5, 5.41) is 0.760. The standard InChI is InChI=1S/C23H29ClN2O/c1-18(27)26(15-12-19-6-3-2-4-7-19)22-10-13-23(17-25,14-11-22)20-8-5-9-21(24)16-20/h2-9,16,22H,10-15,17,25H2,1H3/t22-,23-. The minimum atomic E-state index is -0.0245. The number of nitrogens with zero attached hydrogens (tertiary/aromatic N) is 1. The summed E-state index contributed by atoms with van der Waals surface area (Å²) in [5.74, 6) is 0.166. The average Bonchev–Trinajstić information content (AvgIpc) is 2.69. The third-order valence-corrected chi connectivity index (χ3v) is 6.30. The molecule has 1 amide bonds. The van der Waals surface area contributed by atoms with Gasteiger partial charge in [-0.3, -0.25) is 4.79 Å². The minimum Gasteiger partial charge on any atom is -0.340 e. The van der Waals surface area contributed by atoms with Crippen LogP contribution in [0, 0.1) is 0 Å². The van der Waals surface area contributed by atoms with E-state index < -0.39 is 0 Å². The average molecular weight is 385 g/mol. The Hall–Kier alpha value is -1.84. The topological polar surface area (TPSA) is 46.3 Å². The highest BCUT2D eigenvalue weighted by Crippen LogP contribution is 2.40. The van der Waals surface area contributed by atoms with Crippen LogP contribution in [-0.4, -0.2) is 29.9 Å². The summed E-state index contributed by atoms with van der Waals surface area (Å²) >= 11 is 6.21. The Morgan fingerprint density at radius 1 is 1.15 bits per heavy atom. The summed E-state index contributed by atoms with van der Waals surface area (Å²) < 4.78 is 0. The number of rotatable bonds is 6. The molecular weight excluding hydrogens is 356 g/mol. The van der Waals surface area contributed by atoms with Crippen LogP contribution in [0.5, 0.6) is 0 Å². The molecule has 0 saturated heterocycles. The van der Waals surface area contributed by atoms with Crippen LogP contribution in [0.2, 0.25) is 5.02 Å². The molecule has 0 spiro atoms. The van der Waals surface area contributed by atoms with Gasteiger partial charge in [0.05, 0.1) is 0 Å². The molecule has 1 aliphatic carbocycles. The maximum absolute atomic E-state index is 12.3. The molecule has 0 unspecified atom stereocenters. The van der Waals surface area contributed by atoms with Gasteiger partial charge in [-0.15, -0.1) is 0 Å². The molecule has 0 atom stereocenters. The smallest absolute Gasteiger partial charge is 0.219 e. The lowest BCUT2D eigenvalue weighted by Crippen LogP contribution is -2.47. The van der Waals surface area contributed by atoms with Crippen molar-refractivity contribution in [2.24, 2.45) is 5.73 Å². The van der Waals surface area contributed by atoms with E-state index >= 15 is 0 Å². The second-order valence-corrected chi connectivity index (χ2v) is 8.11. The number of benzene rings is 2. The van der Waals surface area contributed by atoms with Gasteiger partial charge in [-0.25, -0.2) is 0 Å². The van der Waals surface area contributed by atoms with Crippen molar-refractivity contribution < 1.29 is 4.79 Å². The zero-order valence-electron chi connectivity index (χ0n) is 16.0. The molecule has 1 fully saturated rings. The molecule has 3 rings (SSSR count). The van der Waals surface area contributed by atoms with Crippen molar-refractivity contribution in [2.45, 2.75) is 50.5 Å². The molecule has 0 bridgehead atoms. The van der Waals surface area contributed by atoms with E-state index in [0.29, 0.717) is 12.6 Å². The van der Waals surface area contributed by atoms with Crippen molar-refractivity contribution >= 4 is 17.5 Å². The second-order valence-electron chi connectivity index (χ2n) is 7.67. The molecule has 0 aromatic heterocycles. The Morgan fingerprint density at radius 3 is 2.44 bits per heavy atom. The predicted molar refractivity (Wildman–Crippen MR) is 112 cm³/mol. The zero-order valence-corrected chi connectivity index (χ0v) is 16.8. The molecule has 0 aliphatic heterocycles. The number of nitrogens with two attached hydrogens (primary N) is 1. The molecule has 0 heterocycles. The van der Waals surface area contributed by atoms with Crippen molar-refractivity contribution in [3.8, 4) is 0 Å². The van der Waals surface area contributed by atoms with Crippen LogP contribution in [0.1, 0.15) is 43.7 Å². The highest BCUT2D eigenvalue weighted by Gasteiger charge is 2.38. The first-order valence-electron chi connectivity index (χ1n) is 9.81. The number of amides is 1. The fraction of sp³-hybridized carbons (Fsp3) is 0.435. The van der Waals surface area contributed by atoms with Crippen LogP contribution in [0.15, 0.2) is 54.6 Å². The fourth-order valence-corrected chi connectivity index (χ4v) is 4.58. The van der Waals surface area contributed by atoms with Crippen LogP contribution in [-0.2, 0) is 16.6 Å². The van der Waals surface area contributed by atoms with Gasteiger partial charge in [0.25, 0.3) is 0 Å². The highest BCUT2D eigenvalue weighted by atomic mass is 35.5. The molecular formula is C23H29ClN2O. The molecule has 4 heteroatoms. The zero-order chi connectivity index (χ0) is 19.3. The van der Waals surface area contributed by atoms with E-state index in [1.54, 1.807) is 6.92 Å². The lowest BCUT2D eigenvalue weighted by Gasteiger charge is -2.43. The Bertz CT molecular complexity index is 754. The Kier molecular flexibility index (Phi) is 6.56. The van der Waals surface area contributed by atoms with Gasteiger partial charge in [-0.05, 0) is 55.4 Å². The number of halogens is 1. The molecule has 2 N–H and O–H groups in total. The first-order chi connectivity index (χ1) is 13.0. The van der Waals surface area contributed by atoms with Crippen molar-refractivity contribution in [1.82, 2.24) is 4.90 Å². The molecule has 27 heavy (non-hydrogen) atoms. The first kappa shape index (κ1) is 19.9. The van der Waals surface area contributed by atoms with Gasteiger partial charge in [0.15, 0.2) is 0 Å². The Labute approximate surface area is 167 Å². The minimum absolute atomic E-state index is 0.0245. The number of carbonyl (C=O) groups is 1. The van der Waals surface area contributed by atoms with Gasteiger partial charge >= 0.3 is 0 Å². The predicted octanol–water partition coefficient (Wildman–Crippen LogP) is 4.57. The quantitative estimate of drug-likeness (QED) is 0.792. The van der Waals surface area contributed by atoms with Crippen LogP contribution in [0.25, 0.3) is 0 Å². The largest absolute Gasteiger partial charge is 0.340 e. The molecule has 144 valence electrons. The maximum Gasteiger partial charge on any atom is 0.219 e. The van der Waals surface area contributed by atoms with E-state index in [0.717, 1.165) is 43.7 Å². The van der Waals surface area contributed by atoms with E-state index in [4.69, 9.17) is 17.3 Å². The van der Waals surface area contributed by atoms with Gasteiger partial charge in [0.1, 0.15) is 0 Å². The summed E-state index contributed by atoms with van der Waals surface area (Å²) in [5.41, 5.74) is 8.69. The lowest BCUT2D eigenvalue weighted by molar-refractivity contribution is -0.132. The van der Waals surface area contributed by atoms with Crippen LogP contribution >= 0.6 is 11.6 Å². The van der Waals surface area contributed by atoms with Crippen LogP contribution < -0.4 is 5.73 Å². The number of hydrogen-bond acceptors (Lipinski definition) is 2. The molecule has 3 nitrogen and oxygen atoms in total. The summed E-state index contributed by atoms with van der Waals surface area (Å²) in [4.78, 5) is 14.4. The molecule has 1 saturated carbocycles. The lowest BCUT2D eigenvalue weighted by atomic mass is 9.68. The van der Waals surface area contributed by atoms with E-state index in [2.05, 4.69) is 35.2 Å². The van der Waals surface area contributed by atoms with Gasteiger partial charge in [-0.2, -0.15) is 0 Å². The van der Waals surface area contributed by atoms with Gasteiger partial charge < -0.3 is 10.6 Å². The summed E-state index contributed by atoms with van der Waals surface area (Å²) in [6, 6.07) is 18.8.